The highest BCUT2D eigenvalue weighted by Gasteiger charge is 2.35. The number of alkyl halides is 1. The molecule has 1 saturated carbocycles. The fourth-order valence-corrected chi connectivity index (χ4v) is 6.83. The van der Waals surface area contributed by atoms with Gasteiger partial charge in [-0.15, -0.1) is 0 Å². The predicted octanol–water partition coefficient (Wildman–Crippen LogP) is 10.4. The summed E-state index contributed by atoms with van der Waals surface area (Å²) < 4.78 is 21.7. The van der Waals surface area contributed by atoms with Crippen LogP contribution in [-0.4, -0.2) is 18.1 Å². The lowest BCUT2D eigenvalue weighted by Crippen LogP contribution is -2.26. The highest BCUT2D eigenvalue weighted by molar-refractivity contribution is 5.78. The Kier molecular flexibility index (Phi) is 10.1. The summed E-state index contributed by atoms with van der Waals surface area (Å²) in [5, 5.41) is 0. The minimum atomic E-state index is -1.04. The van der Waals surface area contributed by atoms with Crippen LogP contribution in [0.25, 0.3) is 0 Å². The van der Waals surface area contributed by atoms with Crippen molar-refractivity contribution in [3.63, 3.8) is 0 Å². The van der Waals surface area contributed by atoms with E-state index in [2.05, 4.69) is 63.0 Å². The Morgan fingerprint density at radius 3 is 2.67 bits per heavy atom. The molecule has 0 radical (unpaired) electrons. The first kappa shape index (κ1) is 30.3. The molecule has 3 heteroatoms. The number of allylic oxidation sites excluding steroid dienone is 14. The number of carbonyl (C=O) groups excluding carboxylic acids is 1. The largest absolute Gasteiger partial charge is 0.494 e. The van der Waals surface area contributed by atoms with E-state index in [0.29, 0.717) is 31.8 Å². The molecular weight excluding hydrogens is 495 g/mol. The maximum Gasteiger partial charge on any atom is 0.132 e. The molecular formula is C37H51FO2. The van der Waals surface area contributed by atoms with E-state index >= 15 is 4.39 Å². The van der Waals surface area contributed by atoms with E-state index in [1.807, 2.05) is 13.8 Å². The van der Waals surface area contributed by atoms with Gasteiger partial charge in [0, 0.05) is 18.8 Å². The molecule has 0 aromatic carbocycles. The van der Waals surface area contributed by atoms with Gasteiger partial charge in [-0.05, 0) is 111 Å². The minimum Gasteiger partial charge on any atom is -0.494 e. The summed E-state index contributed by atoms with van der Waals surface area (Å²) in [4.78, 5) is 11.9. The third-order valence-electron chi connectivity index (χ3n) is 9.37. The van der Waals surface area contributed by atoms with Crippen LogP contribution in [0, 0.1) is 17.8 Å². The lowest BCUT2D eigenvalue weighted by molar-refractivity contribution is -0.120. The monoisotopic (exact) mass is 546 g/mol. The van der Waals surface area contributed by atoms with Gasteiger partial charge in [0.2, 0.25) is 0 Å². The van der Waals surface area contributed by atoms with Crippen molar-refractivity contribution < 1.29 is 15.3 Å². The van der Waals surface area contributed by atoms with Gasteiger partial charge in [0.15, 0.2) is 0 Å². The molecule has 4 rings (SSSR count). The summed E-state index contributed by atoms with van der Waals surface area (Å²) in [6, 6.07) is 0. The van der Waals surface area contributed by atoms with Gasteiger partial charge < -0.3 is 4.74 Å². The molecule has 0 amide bonds. The highest BCUT2D eigenvalue weighted by Crippen LogP contribution is 2.46. The van der Waals surface area contributed by atoms with Crippen molar-refractivity contribution in [1.29, 1.82) is 0 Å². The Labute approximate surface area is 243 Å². The van der Waals surface area contributed by atoms with E-state index in [-0.39, 0.29) is 19.0 Å². The van der Waals surface area contributed by atoms with E-state index in [1.54, 1.807) is 6.92 Å². The number of carbonyl (C=O) groups is 1. The normalized spacial score (nSPS) is 26.9. The summed E-state index contributed by atoms with van der Waals surface area (Å²) in [5.74, 6) is 1.72. The number of ketones is 1. The molecule has 0 aromatic heterocycles. The molecule has 0 spiro atoms. The van der Waals surface area contributed by atoms with Crippen LogP contribution >= 0.6 is 0 Å². The van der Waals surface area contributed by atoms with Gasteiger partial charge in [0.05, 0.1) is 0 Å². The average molecular weight is 547 g/mol. The van der Waals surface area contributed by atoms with Crippen LogP contribution in [-0.2, 0) is 9.53 Å². The van der Waals surface area contributed by atoms with Gasteiger partial charge in [0.1, 0.15) is 23.8 Å². The third-order valence-corrected chi connectivity index (χ3v) is 9.37. The second kappa shape index (κ2) is 13.3. The highest BCUT2D eigenvalue weighted by atomic mass is 19.1. The van der Waals surface area contributed by atoms with Crippen LogP contribution in [0.2, 0.25) is 0 Å². The molecule has 0 bridgehead atoms. The Balaban J connectivity index is 0.00000462. The average Bonchev–Trinajstić information content (AvgIpc) is 3.23. The molecule has 40 heavy (non-hydrogen) atoms. The molecule has 2 nitrogen and oxygen atoms in total. The SMILES string of the molecule is C=C1C(C2=CC(CC(C)C(C)=O)CC=C2)=CC(CCC2(F)CCCCC2)/C1=C/C(=C\CC)C1=C(C)OCC=C1C.[HH]. The van der Waals surface area contributed by atoms with E-state index < -0.39 is 5.67 Å². The van der Waals surface area contributed by atoms with Crippen molar-refractivity contribution in [2.45, 2.75) is 104 Å². The second-order valence-electron chi connectivity index (χ2n) is 12.5. The molecule has 218 valence electrons. The molecule has 1 aliphatic heterocycles. The maximum atomic E-state index is 15.8. The molecule has 1 fully saturated rings. The predicted molar refractivity (Wildman–Crippen MR) is 168 cm³/mol. The standard InChI is InChI=1S/C37H49FO2.H2/c1-7-12-33(36-25(2)16-20-40-29(36)6)24-35-27(4)34(23-32(35)15-19-37(38)17-9-8-10-18-37)31-14-11-13-30(22-31)21-26(3)28(5)39;/h11-12,14,16,22-24,26,30,32H,4,7-10,13,15,17-21H2,1-3,5-6H3;1H/b33-12+,35-24+;. The lowest BCUT2D eigenvalue weighted by atomic mass is 9.80. The van der Waals surface area contributed by atoms with Gasteiger partial charge in [-0.1, -0.05) is 76.1 Å². The van der Waals surface area contributed by atoms with Crippen LogP contribution in [0.1, 0.15) is 100 Å². The number of hydrogen-bond acceptors (Lipinski definition) is 2. The van der Waals surface area contributed by atoms with Gasteiger partial charge in [0.25, 0.3) is 0 Å². The lowest BCUT2D eigenvalue weighted by Gasteiger charge is -2.30. The summed E-state index contributed by atoms with van der Waals surface area (Å²) in [6.07, 6.45) is 24.5. The topological polar surface area (TPSA) is 26.3 Å². The third kappa shape index (κ3) is 7.14. The molecule has 4 aliphatic rings. The summed E-state index contributed by atoms with van der Waals surface area (Å²) in [7, 11) is 0. The first-order chi connectivity index (χ1) is 19.1. The van der Waals surface area contributed by atoms with Crippen molar-refractivity contribution in [2.75, 3.05) is 6.61 Å². The molecule has 0 aromatic rings. The van der Waals surface area contributed by atoms with Crippen molar-refractivity contribution >= 4 is 5.78 Å². The smallest absolute Gasteiger partial charge is 0.132 e. The van der Waals surface area contributed by atoms with Crippen molar-refractivity contribution in [3.8, 4) is 0 Å². The van der Waals surface area contributed by atoms with E-state index in [4.69, 9.17) is 4.74 Å². The molecule has 3 aliphatic carbocycles. The van der Waals surface area contributed by atoms with Gasteiger partial charge in [-0.25, -0.2) is 4.39 Å². The van der Waals surface area contributed by atoms with E-state index in [9.17, 15) is 4.79 Å². The van der Waals surface area contributed by atoms with Gasteiger partial charge in [-0.2, -0.15) is 0 Å². The molecule has 3 atom stereocenters. The molecule has 0 N–H and O–H groups in total. The number of halogens is 1. The second-order valence-corrected chi connectivity index (χ2v) is 12.5. The Hall–Kier alpha value is -2.68. The Morgan fingerprint density at radius 2 is 2.00 bits per heavy atom. The van der Waals surface area contributed by atoms with Crippen molar-refractivity contribution in [2.24, 2.45) is 17.8 Å². The summed E-state index contributed by atoms with van der Waals surface area (Å²) in [6.45, 7) is 15.3. The number of Topliss-reactive ketones (excluding diaryl/α,β-unsaturated/α-hetero) is 1. The van der Waals surface area contributed by atoms with Crippen LogP contribution in [0.4, 0.5) is 4.39 Å². The zero-order valence-corrected chi connectivity index (χ0v) is 25.5. The fraction of sp³-hybridized carbons (Fsp3) is 0.541. The summed E-state index contributed by atoms with van der Waals surface area (Å²) in [5.41, 5.74) is 7.10. The van der Waals surface area contributed by atoms with Crippen LogP contribution in [0.3, 0.4) is 0 Å². The van der Waals surface area contributed by atoms with Crippen LogP contribution in [0.15, 0.2) is 93.9 Å². The zero-order chi connectivity index (χ0) is 28.9. The number of rotatable bonds is 10. The molecule has 0 saturated heterocycles. The number of hydrogen-bond donors (Lipinski definition) is 0. The van der Waals surface area contributed by atoms with Gasteiger partial charge >= 0.3 is 0 Å². The Morgan fingerprint density at radius 1 is 1.25 bits per heavy atom. The van der Waals surface area contributed by atoms with E-state index in [1.165, 1.54) is 22.3 Å². The molecule has 3 unspecified atom stereocenters. The van der Waals surface area contributed by atoms with E-state index in [0.717, 1.165) is 67.4 Å². The van der Waals surface area contributed by atoms with Crippen LogP contribution in [0.5, 0.6) is 0 Å². The van der Waals surface area contributed by atoms with Crippen molar-refractivity contribution in [1.82, 2.24) is 0 Å². The minimum absolute atomic E-state index is 0. The first-order valence-electron chi connectivity index (χ1n) is 15.5. The quantitative estimate of drug-likeness (QED) is 0.272. The molecule has 1 heterocycles. The first-order valence-corrected chi connectivity index (χ1v) is 15.5. The van der Waals surface area contributed by atoms with Gasteiger partial charge in [-0.3, -0.25) is 4.79 Å². The number of ether oxygens (including phenoxy) is 1. The zero-order valence-electron chi connectivity index (χ0n) is 25.5. The Bertz CT molecular complexity index is 1220. The van der Waals surface area contributed by atoms with Crippen molar-refractivity contribution in [3.05, 3.63) is 93.9 Å². The van der Waals surface area contributed by atoms with Crippen LogP contribution < -0.4 is 0 Å². The summed E-state index contributed by atoms with van der Waals surface area (Å²) >= 11 is 0. The maximum absolute atomic E-state index is 15.8. The fourth-order valence-electron chi connectivity index (χ4n) is 6.83.